The van der Waals surface area contributed by atoms with E-state index in [0.29, 0.717) is 9.13 Å². The molecule has 0 radical (unpaired) electrons. The molecule has 0 bridgehead atoms. The highest BCUT2D eigenvalue weighted by molar-refractivity contribution is 14.1. The van der Waals surface area contributed by atoms with Gasteiger partial charge < -0.3 is 0 Å². The van der Waals surface area contributed by atoms with E-state index in [9.17, 15) is 9.59 Å². The van der Waals surface area contributed by atoms with Crippen molar-refractivity contribution in [3.8, 4) is 0 Å². The largest absolute Gasteiger partial charge is 0.292 e. The Morgan fingerprint density at radius 1 is 1.20 bits per heavy atom. The van der Waals surface area contributed by atoms with Crippen LogP contribution in [0.5, 0.6) is 0 Å². The summed E-state index contributed by atoms with van der Waals surface area (Å²) in [6, 6.07) is 3.89. The van der Waals surface area contributed by atoms with Gasteiger partial charge in [-0.15, -0.1) is 0 Å². The second-order valence-electron chi connectivity index (χ2n) is 4.85. The van der Waals surface area contributed by atoms with Crippen molar-refractivity contribution >= 4 is 28.4 Å². The smallest absolute Gasteiger partial charge is 0.267 e. The number of nitrogens with zero attached hydrogens (tertiary/aromatic N) is 2. The van der Waals surface area contributed by atoms with Crippen LogP contribution < -0.4 is 5.56 Å². The molecule has 20 heavy (non-hydrogen) atoms. The van der Waals surface area contributed by atoms with Crippen molar-refractivity contribution in [3.05, 3.63) is 60.8 Å². The molecular formula is C15H15IN2O2. The number of halogens is 1. The zero-order chi connectivity index (χ0) is 14.9. The van der Waals surface area contributed by atoms with Gasteiger partial charge in [0.2, 0.25) is 0 Å². The van der Waals surface area contributed by atoms with Crippen LogP contribution in [-0.4, -0.2) is 15.3 Å². The summed E-state index contributed by atoms with van der Waals surface area (Å²) >= 11 is 1.92. The zero-order valence-corrected chi connectivity index (χ0v) is 13.8. The van der Waals surface area contributed by atoms with Crippen LogP contribution in [0, 0.1) is 24.3 Å². The summed E-state index contributed by atoms with van der Waals surface area (Å²) < 4.78 is 1.85. The van der Waals surface area contributed by atoms with E-state index < -0.39 is 0 Å². The molecule has 1 aromatic carbocycles. The van der Waals surface area contributed by atoms with Gasteiger partial charge in [0.05, 0.1) is 16.4 Å². The minimum Gasteiger partial charge on any atom is -0.292 e. The third kappa shape index (κ3) is 2.98. The number of Topliss-reactive ketones (excluding diaryl/α,β-unsaturated/α-hetero) is 1. The fourth-order valence-electron chi connectivity index (χ4n) is 2.04. The van der Waals surface area contributed by atoms with Crippen molar-refractivity contribution in [1.29, 1.82) is 0 Å². The number of aryl methyl sites for hydroxylation is 3. The molecule has 0 aliphatic carbocycles. The van der Waals surface area contributed by atoms with Gasteiger partial charge in [0.25, 0.3) is 5.56 Å². The second kappa shape index (κ2) is 5.87. The molecule has 0 saturated heterocycles. The van der Waals surface area contributed by atoms with Crippen LogP contribution in [0.2, 0.25) is 0 Å². The lowest BCUT2D eigenvalue weighted by Gasteiger charge is -2.10. The summed E-state index contributed by atoms with van der Waals surface area (Å²) in [5, 5.41) is 0. The number of rotatable bonds is 3. The van der Waals surface area contributed by atoms with E-state index in [2.05, 4.69) is 4.98 Å². The summed E-state index contributed by atoms with van der Waals surface area (Å²) in [6.07, 6.45) is 2.89. The van der Waals surface area contributed by atoms with Crippen LogP contribution in [0.1, 0.15) is 27.0 Å². The quantitative estimate of drug-likeness (QED) is 0.606. The lowest BCUT2D eigenvalue weighted by atomic mass is 9.98. The average Bonchev–Trinajstić information content (AvgIpc) is 2.39. The third-order valence-electron chi connectivity index (χ3n) is 3.31. The van der Waals surface area contributed by atoms with Gasteiger partial charge in [-0.2, -0.15) is 0 Å². The molecule has 1 heterocycles. The van der Waals surface area contributed by atoms with Gasteiger partial charge in [-0.25, -0.2) is 4.98 Å². The molecule has 1 aromatic heterocycles. The van der Waals surface area contributed by atoms with E-state index in [-0.39, 0.29) is 17.9 Å². The van der Waals surface area contributed by atoms with Crippen LogP contribution in [0.15, 0.2) is 29.5 Å². The predicted molar refractivity (Wildman–Crippen MR) is 86.2 cm³/mol. The minimum absolute atomic E-state index is 0.0199. The van der Waals surface area contributed by atoms with Crippen LogP contribution in [0.25, 0.3) is 0 Å². The topological polar surface area (TPSA) is 52.0 Å². The van der Waals surface area contributed by atoms with E-state index in [1.54, 1.807) is 0 Å². The van der Waals surface area contributed by atoms with Gasteiger partial charge in [0, 0.05) is 11.8 Å². The van der Waals surface area contributed by atoms with Gasteiger partial charge in [0.15, 0.2) is 5.78 Å². The zero-order valence-electron chi connectivity index (χ0n) is 11.6. The Hall–Kier alpha value is -1.50. The number of carbonyl (C=O) groups is 1. The number of hydrogen-bond acceptors (Lipinski definition) is 3. The molecule has 0 aliphatic rings. The molecule has 0 N–H and O–H groups in total. The van der Waals surface area contributed by atoms with Crippen LogP contribution in [-0.2, 0) is 6.54 Å². The number of hydrogen-bond donors (Lipinski definition) is 0. The highest BCUT2D eigenvalue weighted by Gasteiger charge is 2.13. The lowest BCUT2D eigenvalue weighted by molar-refractivity contribution is 0.0969. The molecule has 0 fully saturated rings. The van der Waals surface area contributed by atoms with Gasteiger partial charge in [-0.3, -0.25) is 14.2 Å². The fraction of sp³-hybridized carbons (Fsp3) is 0.267. The first-order valence-electron chi connectivity index (χ1n) is 6.21. The number of aromatic nitrogens is 2. The van der Waals surface area contributed by atoms with Crippen molar-refractivity contribution in [2.24, 2.45) is 0 Å². The highest BCUT2D eigenvalue weighted by atomic mass is 127. The van der Waals surface area contributed by atoms with E-state index >= 15 is 0 Å². The molecule has 0 saturated carbocycles. The Balaban J connectivity index is 2.36. The fourth-order valence-corrected chi connectivity index (χ4v) is 2.51. The first-order chi connectivity index (χ1) is 9.40. The summed E-state index contributed by atoms with van der Waals surface area (Å²) in [4.78, 5) is 28.2. The Labute approximate surface area is 131 Å². The van der Waals surface area contributed by atoms with E-state index in [1.807, 2.05) is 55.5 Å². The maximum atomic E-state index is 12.4. The highest BCUT2D eigenvalue weighted by Crippen LogP contribution is 2.16. The SMILES string of the molecule is Cc1cc(C)c(C(=O)Cn2cncc(I)c2=O)cc1C. The molecule has 5 heteroatoms. The Morgan fingerprint density at radius 3 is 2.55 bits per heavy atom. The number of ketones is 1. The number of benzene rings is 1. The molecule has 0 amide bonds. The maximum absolute atomic E-state index is 12.4. The van der Waals surface area contributed by atoms with Crippen molar-refractivity contribution in [2.45, 2.75) is 27.3 Å². The molecule has 2 aromatic rings. The van der Waals surface area contributed by atoms with Gasteiger partial charge in [-0.05, 0) is 66.1 Å². The van der Waals surface area contributed by atoms with Gasteiger partial charge in [-0.1, -0.05) is 6.07 Å². The van der Waals surface area contributed by atoms with Crippen molar-refractivity contribution in [3.63, 3.8) is 0 Å². The minimum atomic E-state index is -0.185. The monoisotopic (exact) mass is 382 g/mol. The Morgan fingerprint density at radius 2 is 1.85 bits per heavy atom. The predicted octanol–water partition coefficient (Wildman–Crippen LogP) is 2.66. The third-order valence-corrected chi connectivity index (χ3v) is 4.05. The van der Waals surface area contributed by atoms with Gasteiger partial charge in [0.1, 0.15) is 0 Å². The number of carbonyl (C=O) groups excluding carboxylic acids is 1. The van der Waals surface area contributed by atoms with E-state index in [0.717, 1.165) is 16.7 Å². The molecule has 2 rings (SSSR count). The summed E-state index contributed by atoms with van der Waals surface area (Å²) in [5.41, 5.74) is 3.65. The van der Waals surface area contributed by atoms with Crippen molar-refractivity contribution < 1.29 is 4.79 Å². The first kappa shape index (κ1) is 14.9. The normalized spacial score (nSPS) is 10.6. The van der Waals surface area contributed by atoms with Crippen molar-refractivity contribution in [1.82, 2.24) is 9.55 Å². The standard InChI is InChI=1S/C15H15IN2O2/c1-9-4-11(3)12(5-10(9)2)14(19)7-18-8-17-6-13(16)15(18)20/h4-6,8H,7H2,1-3H3. The first-order valence-corrected chi connectivity index (χ1v) is 7.29. The van der Waals surface area contributed by atoms with Crippen LogP contribution >= 0.6 is 22.6 Å². The maximum Gasteiger partial charge on any atom is 0.267 e. The van der Waals surface area contributed by atoms with Crippen LogP contribution in [0.3, 0.4) is 0 Å². The molecular weight excluding hydrogens is 367 g/mol. The van der Waals surface area contributed by atoms with Gasteiger partial charge >= 0.3 is 0 Å². The molecule has 0 aliphatic heterocycles. The summed E-state index contributed by atoms with van der Waals surface area (Å²) in [6.45, 7) is 5.93. The Bertz CT molecular complexity index is 735. The average molecular weight is 382 g/mol. The molecule has 0 atom stereocenters. The van der Waals surface area contributed by atoms with E-state index in [1.165, 1.54) is 17.1 Å². The molecule has 4 nitrogen and oxygen atoms in total. The molecule has 104 valence electrons. The van der Waals surface area contributed by atoms with Crippen LogP contribution in [0.4, 0.5) is 0 Å². The summed E-state index contributed by atoms with van der Waals surface area (Å²) in [5.74, 6) is -0.0727. The lowest BCUT2D eigenvalue weighted by Crippen LogP contribution is -2.26. The molecule has 0 spiro atoms. The second-order valence-corrected chi connectivity index (χ2v) is 6.01. The molecule has 0 unspecified atom stereocenters. The summed E-state index contributed by atoms with van der Waals surface area (Å²) in [7, 11) is 0. The van der Waals surface area contributed by atoms with E-state index in [4.69, 9.17) is 0 Å². The van der Waals surface area contributed by atoms with Crippen molar-refractivity contribution in [2.75, 3.05) is 0 Å². The Kier molecular flexibility index (Phi) is 4.37.